The lowest BCUT2D eigenvalue weighted by atomic mass is 10.1. The summed E-state index contributed by atoms with van der Waals surface area (Å²) in [6.07, 6.45) is 1.28. The third kappa shape index (κ3) is 6.15. The molecule has 3 rings (SSSR count). The summed E-state index contributed by atoms with van der Waals surface area (Å²) < 4.78 is 0. The van der Waals surface area contributed by atoms with Crippen LogP contribution in [0.1, 0.15) is 15.9 Å². The van der Waals surface area contributed by atoms with Gasteiger partial charge in [-0.3, -0.25) is 14.4 Å². The number of para-hydroxylation sites is 2. The first-order chi connectivity index (χ1) is 14.9. The van der Waals surface area contributed by atoms with Gasteiger partial charge in [-0.05, 0) is 36.4 Å². The van der Waals surface area contributed by atoms with E-state index in [1.54, 1.807) is 48.5 Å². The molecule has 7 nitrogen and oxygen atoms in total. The van der Waals surface area contributed by atoms with Gasteiger partial charge in [0.25, 0.3) is 5.91 Å². The topological polar surface area (TPSA) is 99.7 Å². The smallest absolute Gasteiger partial charge is 0.322 e. The lowest BCUT2D eigenvalue weighted by Gasteiger charge is -2.11. The van der Waals surface area contributed by atoms with Crippen molar-refractivity contribution in [2.75, 3.05) is 10.6 Å². The van der Waals surface area contributed by atoms with Crippen molar-refractivity contribution in [3.63, 3.8) is 0 Å². The Labute approximate surface area is 188 Å². The highest BCUT2D eigenvalue weighted by Crippen LogP contribution is 2.19. The first-order valence-electron chi connectivity index (χ1n) is 8.99. The SMILES string of the molecule is O=C(N/N=C/c1ccc(Cl)cc1Cl)C(=O)Nc1ccccc1C(=O)Nc1ccccc1. The molecule has 3 amide bonds. The van der Waals surface area contributed by atoms with Gasteiger partial charge in [0.15, 0.2) is 0 Å². The molecule has 0 saturated heterocycles. The number of carbonyl (C=O) groups is 3. The van der Waals surface area contributed by atoms with Crippen molar-refractivity contribution in [3.8, 4) is 0 Å². The van der Waals surface area contributed by atoms with Gasteiger partial charge in [-0.25, -0.2) is 5.43 Å². The van der Waals surface area contributed by atoms with Crippen molar-refractivity contribution in [1.29, 1.82) is 0 Å². The van der Waals surface area contributed by atoms with Crippen molar-refractivity contribution in [3.05, 3.63) is 94.0 Å². The van der Waals surface area contributed by atoms with Gasteiger partial charge in [-0.1, -0.05) is 59.6 Å². The Morgan fingerprint density at radius 1 is 0.806 bits per heavy atom. The van der Waals surface area contributed by atoms with E-state index in [0.29, 0.717) is 21.3 Å². The predicted molar refractivity (Wildman–Crippen MR) is 122 cm³/mol. The van der Waals surface area contributed by atoms with E-state index in [4.69, 9.17) is 23.2 Å². The third-order valence-corrected chi connectivity index (χ3v) is 4.55. The highest BCUT2D eigenvalue weighted by Gasteiger charge is 2.17. The number of halogens is 2. The number of nitrogens with zero attached hydrogens (tertiary/aromatic N) is 1. The minimum Gasteiger partial charge on any atom is -0.322 e. The van der Waals surface area contributed by atoms with Gasteiger partial charge >= 0.3 is 11.8 Å². The number of carbonyl (C=O) groups excluding carboxylic acids is 3. The van der Waals surface area contributed by atoms with Crippen LogP contribution in [0.15, 0.2) is 77.9 Å². The van der Waals surface area contributed by atoms with Crippen LogP contribution in [0.3, 0.4) is 0 Å². The molecule has 0 bridgehead atoms. The first-order valence-corrected chi connectivity index (χ1v) is 9.74. The van der Waals surface area contributed by atoms with Crippen LogP contribution in [0, 0.1) is 0 Å². The summed E-state index contributed by atoms with van der Waals surface area (Å²) in [5.41, 5.74) is 3.59. The van der Waals surface area contributed by atoms with E-state index in [1.807, 2.05) is 6.07 Å². The molecular formula is C22H16Cl2N4O3. The van der Waals surface area contributed by atoms with Gasteiger partial charge in [0.1, 0.15) is 0 Å². The molecule has 3 N–H and O–H groups in total. The lowest BCUT2D eigenvalue weighted by Crippen LogP contribution is -2.33. The Bertz CT molecular complexity index is 1150. The van der Waals surface area contributed by atoms with Crippen molar-refractivity contribution in [2.45, 2.75) is 0 Å². The summed E-state index contributed by atoms with van der Waals surface area (Å²) in [6.45, 7) is 0. The van der Waals surface area contributed by atoms with E-state index in [-0.39, 0.29) is 11.3 Å². The zero-order valence-electron chi connectivity index (χ0n) is 15.9. The molecular weight excluding hydrogens is 439 g/mol. The molecule has 156 valence electrons. The second-order valence-corrected chi connectivity index (χ2v) is 7.03. The van der Waals surface area contributed by atoms with Gasteiger partial charge in [0, 0.05) is 16.3 Å². The van der Waals surface area contributed by atoms with Crippen molar-refractivity contribution >= 4 is 58.5 Å². The minimum absolute atomic E-state index is 0.181. The van der Waals surface area contributed by atoms with Crippen LogP contribution in [-0.4, -0.2) is 23.9 Å². The Kier molecular flexibility index (Phi) is 7.37. The highest BCUT2D eigenvalue weighted by molar-refractivity contribution is 6.40. The average molecular weight is 455 g/mol. The maximum Gasteiger partial charge on any atom is 0.329 e. The van der Waals surface area contributed by atoms with Crippen LogP contribution in [0.5, 0.6) is 0 Å². The van der Waals surface area contributed by atoms with Gasteiger partial charge in [-0.2, -0.15) is 5.10 Å². The van der Waals surface area contributed by atoms with Gasteiger partial charge < -0.3 is 10.6 Å². The van der Waals surface area contributed by atoms with Gasteiger partial charge in [0.2, 0.25) is 0 Å². The maximum absolute atomic E-state index is 12.6. The number of nitrogens with one attached hydrogen (secondary N) is 3. The maximum atomic E-state index is 12.6. The van der Waals surface area contributed by atoms with Crippen LogP contribution in [-0.2, 0) is 9.59 Å². The molecule has 3 aromatic carbocycles. The van der Waals surface area contributed by atoms with Gasteiger partial charge in [-0.15, -0.1) is 0 Å². The molecule has 3 aromatic rings. The quantitative estimate of drug-likeness (QED) is 0.303. The highest BCUT2D eigenvalue weighted by atomic mass is 35.5. The monoisotopic (exact) mass is 454 g/mol. The summed E-state index contributed by atoms with van der Waals surface area (Å²) in [5, 5.41) is 9.66. The Balaban J connectivity index is 1.64. The summed E-state index contributed by atoms with van der Waals surface area (Å²) >= 11 is 11.8. The molecule has 0 saturated carbocycles. The molecule has 0 aliphatic heterocycles. The molecule has 0 radical (unpaired) electrons. The normalized spacial score (nSPS) is 10.5. The van der Waals surface area contributed by atoms with Crippen LogP contribution in [0.25, 0.3) is 0 Å². The van der Waals surface area contributed by atoms with Crippen molar-refractivity contribution in [1.82, 2.24) is 5.43 Å². The zero-order valence-corrected chi connectivity index (χ0v) is 17.4. The molecule has 0 spiro atoms. The number of hydrogen-bond donors (Lipinski definition) is 3. The number of rotatable bonds is 5. The molecule has 0 aliphatic rings. The second kappa shape index (κ2) is 10.4. The van der Waals surface area contributed by atoms with Gasteiger partial charge in [0.05, 0.1) is 22.5 Å². The van der Waals surface area contributed by atoms with Crippen molar-refractivity contribution in [2.24, 2.45) is 5.10 Å². The zero-order chi connectivity index (χ0) is 22.2. The molecule has 9 heteroatoms. The number of anilines is 2. The second-order valence-electron chi connectivity index (χ2n) is 6.18. The number of hydrogen-bond acceptors (Lipinski definition) is 4. The number of benzene rings is 3. The van der Waals surface area contributed by atoms with Crippen LogP contribution in [0.2, 0.25) is 10.0 Å². The third-order valence-electron chi connectivity index (χ3n) is 3.99. The van der Waals surface area contributed by atoms with Crippen LogP contribution >= 0.6 is 23.2 Å². The largest absolute Gasteiger partial charge is 0.329 e. The molecule has 0 aromatic heterocycles. The summed E-state index contributed by atoms with van der Waals surface area (Å²) in [6, 6.07) is 19.9. The predicted octanol–water partition coefficient (Wildman–Crippen LogP) is 4.33. The Hall–Kier alpha value is -3.68. The number of hydrazone groups is 1. The minimum atomic E-state index is -1.01. The molecule has 0 fully saturated rings. The number of amides is 3. The standard InChI is InChI=1S/C22H16Cl2N4O3/c23-15-11-10-14(18(24)12-15)13-25-28-22(31)21(30)27-19-9-5-4-8-17(19)20(29)26-16-6-2-1-3-7-16/h1-13H,(H,26,29)(H,27,30)(H,28,31)/b25-13+. The fraction of sp³-hybridized carbons (Fsp3) is 0. The summed E-state index contributed by atoms with van der Waals surface area (Å²) in [4.78, 5) is 36.8. The molecule has 0 unspecified atom stereocenters. The van der Waals surface area contributed by atoms with Crippen molar-refractivity contribution < 1.29 is 14.4 Å². The van der Waals surface area contributed by atoms with E-state index in [0.717, 1.165) is 0 Å². The fourth-order valence-corrected chi connectivity index (χ4v) is 2.96. The molecule has 0 heterocycles. The average Bonchev–Trinajstić information content (AvgIpc) is 2.76. The van der Waals surface area contributed by atoms with E-state index >= 15 is 0 Å². The van der Waals surface area contributed by atoms with E-state index in [1.165, 1.54) is 24.4 Å². The summed E-state index contributed by atoms with van der Waals surface area (Å²) in [7, 11) is 0. The van der Waals surface area contributed by atoms with Crippen LogP contribution in [0.4, 0.5) is 11.4 Å². The Morgan fingerprint density at radius 3 is 2.26 bits per heavy atom. The first kappa shape index (κ1) is 22.0. The molecule has 0 aliphatic carbocycles. The molecule has 31 heavy (non-hydrogen) atoms. The lowest BCUT2D eigenvalue weighted by molar-refractivity contribution is -0.136. The molecule has 0 atom stereocenters. The fourth-order valence-electron chi connectivity index (χ4n) is 2.51. The van der Waals surface area contributed by atoms with E-state index < -0.39 is 17.7 Å². The van der Waals surface area contributed by atoms with E-state index in [9.17, 15) is 14.4 Å². The Morgan fingerprint density at radius 2 is 1.52 bits per heavy atom. The van der Waals surface area contributed by atoms with Crippen LogP contribution < -0.4 is 16.1 Å². The summed E-state index contributed by atoms with van der Waals surface area (Å²) in [5.74, 6) is -2.43. The van der Waals surface area contributed by atoms with E-state index in [2.05, 4.69) is 21.2 Å².